The summed E-state index contributed by atoms with van der Waals surface area (Å²) in [6.45, 7) is 0.685. The first-order chi connectivity index (χ1) is 9.74. The molecule has 4 heteroatoms. The van der Waals surface area contributed by atoms with Crippen molar-refractivity contribution >= 4 is 39.8 Å². The van der Waals surface area contributed by atoms with Gasteiger partial charge in [0.15, 0.2) is 0 Å². The Labute approximate surface area is 127 Å². The molecule has 0 spiro atoms. The molecule has 1 heterocycles. The molecule has 0 saturated heterocycles. The second kappa shape index (κ2) is 5.70. The largest absolute Gasteiger partial charge is 0.380 e. The van der Waals surface area contributed by atoms with Crippen LogP contribution in [0.2, 0.25) is 10.0 Å². The van der Waals surface area contributed by atoms with E-state index in [-0.39, 0.29) is 0 Å². The fourth-order valence-corrected chi connectivity index (χ4v) is 2.43. The van der Waals surface area contributed by atoms with E-state index in [1.807, 2.05) is 42.5 Å². The highest BCUT2D eigenvalue weighted by Crippen LogP contribution is 2.25. The number of anilines is 1. The molecular weight excluding hydrogens is 291 g/mol. The van der Waals surface area contributed by atoms with E-state index in [1.165, 1.54) is 0 Å². The summed E-state index contributed by atoms with van der Waals surface area (Å²) in [7, 11) is 0. The maximum absolute atomic E-state index is 6.02. The third-order valence-corrected chi connectivity index (χ3v) is 3.85. The maximum atomic E-state index is 6.02. The Morgan fingerprint density at radius 2 is 1.85 bits per heavy atom. The number of nitrogens with zero attached hydrogens (tertiary/aromatic N) is 1. The second-order valence-corrected chi connectivity index (χ2v) is 5.29. The fraction of sp³-hybridized carbons (Fsp3) is 0.0625. The van der Waals surface area contributed by atoms with Gasteiger partial charge in [0.05, 0.1) is 15.6 Å². The highest BCUT2D eigenvalue weighted by molar-refractivity contribution is 6.42. The molecule has 3 aromatic rings. The summed E-state index contributed by atoms with van der Waals surface area (Å²) in [5.41, 5.74) is 3.12. The normalized spacial score (nSPS) is 10.7. The number of aromatic nitrogens is 1. The number of halogens is 2. The van der Waals surface area contributed by atoms with Crippen LogP contribution in [0.4, 0.5) is 5.69 Å². The Balaban J connectivity index is 1.85. The second-order valence-electron chi connectivity index (χ2n) is 4.48. The van der Waals surface area contributed by atoms with Gasteiger partial charge in [-0.05, 0) is 42.0 Å². The standard InChI is InChI=1S/C16H12Cl2N2/c17-13-7-6-11(9-14(13)18)10-20-16-5-1-4-15-12(16)3-2-8-19-15/h1-9,20H,10H2. The Morgan fingerprint density at radius 1 is 0.950 bits per heavy atom. The van der Waals surface area contributed by atoms with Crippen LogP contribution in [0.25, 0.3) is 10.9 Å². The van der Waals surface area contributed by atoms with Crippen molar-refractivity contribution in [2.75, 3.05) is 5.32 Å². The Hall–Kier alpha value is -1.77. The molecular formula is C16H12Cl2N2. The van der Waals surface area contributed by atoms with Crippen molar-refractivity contribution in [1.29, 1.82) is 0 Å². The molecule has 0 amide bonds. The molecule has 1 aromatic heterocycles. The number of hydrogen-bond acceptors (Lipinski definition) is 2. The van der Waals surface area contributed by atoms with Gasteiger partial charge in [-0.25, -0.2) is 0 Å². The predicted octanol–water partition coefficient (Wildman–Crippen LogP) is 5.15. The molecule has 0 unspecified atom stereocenters. The molecule has 0 saturated carbocycles. The van der Waals surface area contributed by atoms with Gasteiger partial charge in [-0.3, -0.25) is 4.98 Å². The van der Waals surface area contributed by atoms with Crippen molar-refractivity contribution in [2.45, 2.75) is 6.54 Å². The van der Waals surface area contributed by atoms with Crippen LogP contribution in [0.5, 0.6) is 0 Å². The van der Waals surface area contributed by atoms with Crippen LogP contribution in [0.15, 0.2) is 54.7 Å². The highest BCUT2D eigenvalue weighted by atomic mass is 35.5. The first-order valence-electron chi connectivity index (χ1n) is 6.25. The van der Waals surface area contributed by atoms with Crippen LogP contribution in [0.3, 0.4) is 0 Å². The molecule has 3 rings (SSSR count). The van der Waals surface area contributed by atoms with Crippen molar-refractivity contribution in [3.05, 3.63) is 70.3 Å². The summed E-state index contributed by atoms with van der Waals surface area (Å²) < 4.78 is 0. The number of rotatable bonds is 3. The summed E-state index contributed by atoms with van der Waals surface area (Å²) in [5, 5.41) is 5.66. The summed E-state index contributed by atoms with van der Waals surface area (Å²) in [6.07, 6.45) is 1.80. The molecule has 0 radical (unpaired) electrons. The molecule has 20 heavy (non-hydrogen) atoms. The van der Waals surface area contributed by atoms with Crippen LogP contribution in [0.1, 0.15) is 5.56 Å². The molecule has 0 aliphatic rings. The van der Waals surface area contributed by atoms with E-state index in [2.05, 4.69) is 16.4 Å². The molecule has 0 aliphatic heterocycles. The van der Waals surface area contributed by atoms with Gasteiger partial charge in [-0.2, -0.15) is 0 Å². The van der Waals surface area contributed by atoms with E-state index in [0.717, 1.165) is 22.2 Å². The Kier molecular flexibility index (Phi) is 3.77. The monoisotopic (exact) mass is 302 g/mol. The molecule has 0 fully saturated rings. The first-order valence-corrected chi connectivity index (χ1v) is 7.01. The van der Waals surface area contributed by atoms with E-state index in [0.29, 0.717) is 16.6 Å². The zero-order valence-corrected chi connectivity index (χ0v) is 12.1. The minimum Gasteiger partial charge on any atom is -0.380 e. The predicted molar refractivity (Wildman–Crippen MR) is 85.5 cm³/mol. The average molecular weight is 303 g/mol. The molecule has 2 nitrogen and oxygen atoms in total. The van der Waals surface area contributed by atoms with Crippen molar-refractivity contribution in [3.8, 4) is 0 Å². The van der Waals surface area contributed by atoms with Gasteiger partial charge in [0.25, 0.3) is 0 Å². The molecule has 100 valence electrons. The van der Waals surface area contributed by atoms with Crippen LogP contribution in [-0.4, -0.2) is 4.98 Å². The minimum atomic E-state index is 0.574. The highest BCUT2D eigenvalue weighted by Gasteiger charge is 2.02. The molecule has 0 bridgehead atoms. The third-order valence-electron chi connectivity index (χ3n) is 3.11. The summed E-state index contributed by atoms with van der Waals surface area (Å²) in [5.74, 6) is 0. The van der Waals surface area contributed by atoms with E-state index < -0.39 is 0 Å². The SMILES string of the molecule is Clc1ccc(CNc2cccc3ncccc23)cc1Cl. The maximum Gasteiger partial charge on any atom is 0.0722 e. The number of nitrogens with one attached hydrogen (secondary N) is 1. The zero-order chi connectivity index (χ0) is 13.9. The number of hydrogen-bond donors (Lipinski definition) is 1. The van der Waals surface area contributed by atoms with Gasteiger partial charge in [-0.15, -0.1) is 0 Å². The number of fused-ring (bicyclic) bond motifs is 1. The van der Waals surface area contributed by atoms with Crippen molar-refractivity contribution in [2.24, 2.45) is 0 Å². The van der Waals surface area contributed by atoms with E-state index in [1.54, 1.807) is 6.20 Å². The van der Waals surface area contributed by atoms with Gasteiger partial charge >= 0.3 is 0 Å². The topological polar surface area (TPSA) is 24.9 Å². The third kappa shape index (κ3) is 2.72. The summed E-state index contributed by atoms with van der Waals surface area (Å²) in [6, 6.07) is 15.7. The lowest BCUT2D eigenvalue weighted by Crippen LogP contribution is -2.00. The van der Waals surface area contributed by atoms with Crippen LogP contribution >= 0.6 is 23.2 Å². The zero-order valence-electron chi connectivity index (χ0n) is 10.6. The number of pyridine rings is 1. The van der Waals surface area contributed by atoms with Crippen LogP contribution in [0, 0.1) is 0 Å². The average Bonchev–Trinajstić information content (AvgIpc) is 2.48. The van der Waals surface area contributed by atoms with Crippen LogP contribution in [-0.2, 0) is 6.54 Å². The van der Waals surface area contributed by atoms with Gasteiger partial charge in [0, 0.05) is 23.8 Å². The molecule has 1 N–H and O–H groups in total. The van der Waals surface area contributed by atoms with Crippen molar-refractivity contribution < 1.29 is 0 Å². The lowest BCUT2D eigenvalue weighted by atomic mass is 10.1. The summed E-state index contributed by atoms with van der Waals surface area (Å²) >= 11 is 11.9. The molecule has 0 atom stereocenters. The Bertz CT molecular complexity index is 751. The van der Waals surface area contributed by atoms with E-state index >= 15 is 0 Å². The minimum absolute atomic E-state index is 0.574. The van der Waals surface area contributed by atoms with E-state index in [9.17, 15) is 0 Å². The van der Waals surface area contributed by atoms with E-state index in [4.69, 9.17) is 23.2 Å². The summed E-state index contributed by atoms with van der Waals surface area (Å²) in [4.78, 5) is 4.34. The van der Waals surface area contributed by atoms with Gasteiger partial charge in [0.1, 0.15) is 0 Å². The quantitative estimate of drug-likeness (QED) is 0.723. The molecule has 0 aliphatic carbocycles. The number of benzene rings is 2. The Morgan fingerprint density at radius 3 is 2.70 bits per heavy atom. The lowest BCUT2D eigenvalue weighted by Gasteiger charge is -2.10. The van der Waals surface area contributed by atoms with Gasteiger partial charge in [0.2, 0.25) is 0 Å². The lowest BCUT2D eigenvalue weighted by molar-refractivity contribution is 1.15. The fourth-order valence-electron chi connectivity index (χ4n) is 2.10. The van der Waals surface area contributed by atoms with Crippen molar-refractivity contribution in [1.82, 2.24) is 4.98 Å². The van der Waals surface area contributed by atoms with Crippen molar-refractivity contribution in [3.63, 3.8) is 0 Å². The van der Waals surface area contributed by atoms with Crippen LogP contribution < -0.4 is 5.32 Å². The first kappa shape index (κ1) is 13.2. The molecule has 2 aromatic carbocycles. The smallest absolute Gasteiger partial charge is 0.0722 e. The van der Waals surface area contributed by atoms with Gasteiger partial charge < -0.3 is 5.32 Å². The van der Waals surface area contributed by atoms with Gasteiger partial charge in [-0.1, -0.05) is 35.3 Å².